The van der Waals surface area contributed by atoms with Crippen molar-refractivity contribution in [3.8, 4) is 0 Å². The third kappa shape index (κ3) is 2.55. The van der Waals surface area contributed by atoms with Crippen LogP contribution in [0.5, 0.6) is 0 Å². The molecule has 3 N–H and O–H groups in total. The Morgan fingerprint density at radius 2 is 2.11 bits per heavy atom. The Kier molecular flexibility index (Phi) is 3.48. The van der Waals surface area contributed by atoms with Crippen molar-refractivity contribution in [3.05, 3.63) is 52.3 Å². The minimum atomic E-state index is -0.910. The van der Waals surface area contributed by atoms with Gasteiger partial charge < -0.3 is 10.1 Å². The van der Waals surface area contributed by atoms with E-state index >= 15 is 0 Å². The van der Waals surface area contributed by atoms with E-state index in [9.17, 15) is 14.9 Å². The van der Waals surface area contributed by atoms with Gasteiger partial charge in [0.25, 0.3) is 5.91 Å². The van der Waals surface area contributed by atoms with E-state index in [4.69, 9.17) is 5.84 Å². The molecule has 9 nitrogen and oxygen atoms in total. The summed E-state index contributed by atoms with van der Waals surface area (Å²) in [7, 11) is 0. The standard InChI is InChI=1S/C10H10N6O3/c11-13-9(17)8(7-4-2-1-3-5-7)15-6-12-10(14-15)16(18)19/h1-6,8H,11H2,(H,13,17). The number of nitrogens with one attached hydrogen (secondary N) is 1. The monoisotopic (exact) mass is 262 g/mol. The fraction of sp³-hybridized carbons (Fsp3) is 0.100. The molecule has 0 bridgehead atoms. The number of nitrogens with zero attached hydrogens (tertiary/aromatic N) is 4. The van der Waals surface area contributed by atoms with E-state index in [0.29, 0.717) is 5.56 Å². The predicted molar refractivity (Wildman–Crippen MR) is 63.6 cm³/mol. The molecule has 1 amide bonds. The van der Waals surface area contributed by atoms with Crippen LogP contribution < -0.4 is 11.3 Å². The highest BCUT2D eigenvalue weighted by molar-refractivity contribution is 5.82. The van der Waals surface area contributed by atoms with E-state index in [0.717, 1.165) is 11.0 Å². The molecular weight excluding hydrogens is 252 g/mol. The molecule has 1 aromatic heterocycles. The maximum absolute atomic E-state index is 11.8. The number of rotatable bonds is 4. The number of aromatic nitrogens is 3. The second-order valence-electron chi connectivity index (χ2n) is 3.60. The zero-order chi connectivity index (χ0) is 13.8. The zero-order valence-electron chi connectivity index (χ0n) is 9.63. The molecule has 2 rings (SSSR count). The topological polar surface area (TPSA) is 129 Å². The number of hydrogen-bond donors (Lipinski definition) is 2. The number of hydrogen-bond acceptors (Lipinski definition) is 6. The first kappa shape index (κ1) is 12.6. The van der Waals surface area contributed by atoms with E-state index < -0.39 is 22.8 Å². The molecule has 0 aliphatic rings. The number of amides is 1. The van der Waals surface area contributed by atoms with E-state index in [2.05, 4.69) is 10.1 Å². The molecule has 0 aliphatic heterocycles. The Morgan fingerprint density at radius 1 is 1.42 bits per heavy atom. The molecule has 9 heteroatoms. The number of benzene rings is 1. The van der Waals surface area contributed by atoms with Gasteiger partial charge in [0.1, 0.15) is 0 Å². The van der Waals surface area contributed by atoms with Gasteiger partial charge in [-0.05, 0) is 10.5 Å². The van der Waals surface area contributed by atoms with Crippen LogP contribution in [-0.2, 0) is 4.79 Å². The van der Waals surface area contributed by atoms with Gasteiger partial charge in [0.15, 0.2) is 6.04 Å². The predicted octanol–water partition coefficient (Wildman–Crippen LogP) is -0.234. The molecule has 1 atom stereocenters. The molecule has 2 aromatic rings. The van der Waals surface area contributed by atoms with Crippen LogP contribution in [0.15, 0.2) is 36.7 Å². The molecular formula is C10H10N6O3. The number of carbonyl (C=O) groups excluding carboxylic acids is 1. The second-order valence-corrected chi connectivity index (χ2v) is 3.60. The Labute approximate surface area is 107 Å². The number of carbonyl (C=O) groups is 1. The summed E-state index contributed by atoms with van der Waals surface area (Å²) in [5, 5.41) is 14.2. The third-order valence-electron chi connectivity index (χ3n) is 2.43. The maximum atomic E-state index is 11.8. The van der Waals surface area contributed by atoms with Gasteiger partial charge in [0.2, 0.25) is 6.33 Å². The molecule has 19 heavy (non-hydrogen) atoms. The van der Waals surface area contributed by atoms with Gasteiger partial charge >= 0.3 is 5.95 Å². The van der Waals surface area contributed by atoms with Gasteiger partial charge in [-0.3, -0.25) is 10.2 Å². The summed E-state index contributed by atoms with van der Waals surface area (Å²) in [5.74, 6) is 3.99. The van der Waals surface area contributed by atoms with Crippen molar-refractivity contribution in [1.29, 1.82) is 0 Å². The molecule has 0 saturated carbocycles. The lowest BCUT2D eigenvalue weighted by atomic mass is 10.1. The first-order valence-electron chi connectivity index (χ1n) is 5.24. The average molecular weight is 262 g/mol. The number of nitrogens with two attached hydrogens (primary N) is 1. The van der Waals surface area contributed by atoms with E-state index in [1.165, 1.54) is 0 Å². The van der Waals surface area contributed by atoms with E-state index in [1.54, 1.807) is 30.3 Å². The van der Waals surface area contributed by atoms with Crippen LogP contribution in [0.2, 0.25) is 0 Å². The highest BCUT2D eigenvalue weighted by atomic mass is 16.6. The quantitative estimate of drug-likeness (QED) is 0.339. The zero-order valence-corrected chi connectivity index (χ0v) is 9.63. The fourth-order valence-corrected chi connectivity index (χ4v) is 1.61. The van der Waals surface area contributed by atoms with Crippen molar-refractivity contribution >= 4 is 11.9 Å². The number of nitro groups is 1. The van der Waals surface area contributed by atoms with Crippen LogP contribution in [0.25, 0.3) is 0 Å². The van der Waals surface area contributed by atoms with Crippen molar-refractivity contribution in [3.63, 3.8) is 0 Å². The van der Waals surface area contributed by atoms with Gasteiger partial charge in [0, 0.05) is 5.10 Å². The summed E-state index contributed by atoms with van der Waals surface area (Å²) in [6, 6.07) is 7.72. The number of hydrazine groups is 1. The van der Waals surface area contributed by atoms with Crippen molar-refractivity contribution in [2.75, 3.05) is 0 Å². The summed E-state index contributed by atoms with van der Waals surface area (Å²) in [6.07, 6.45) is 1.12. The molecule has 1 aromatic carbocycles. The third-order valence-corrected chi connectivity index (χ3v) is 2.43. The second kappa shape index (κ2) is 5.23. The first-order valence-corrected chi connectivity index (χ1v) is 5.24. The van der Waals surface area contributed by atoms with Crippen LogP contribution in [0.1, 0.15) is 11.6 Å². The Hall–Kier alpha value is -2.81. The van der Waals surface area contributed by atoms with Crippen molar-refractivity contribution in [1.82, 2.24) is 20.2 Å². The first-order chi connectivity index (χ1) is 9.13. The van der Waals surface area contributed by atoms with Crippen LogP contribution in [0.4, 0.5) is 5.95 Å². The molecule has 0 radical (unpaired) electrons. The molecule has 0 spiro atoms. The van der Waals surface area contributed by atoms with E-state index in [1.807, 2.05) is 5.43 Å². The molecule has 1 unspecified atom stereocenters. The molecule has 0 saturated heterocycles. The highest BCUT2D eigenvalue weighted by Gasteiger charge is 2.27. The molecule has 0 fully saturated rings. The largest absolute Gasteiger partial charge is 0.490 e. The molecule has 1 heterocycles. The van der Waals surface area contributed by atoms with Crippen LogP contribution in [-0.4, -0.2) is 25.6 Å². The normalized spacial score (nSPS) is 11.8. The average Bonchev–Trinajstić information content (AvgIpc) is 2.89. The molecule has 98 valence electrons. The Balaban J connectivity index is 2.43. The maximum Gasteiger partial charge on any atom is 0.490 e. The van der Waals surface area contributed by atoms with Crippen molar-refractivity contribution in [2.45, 2.75) is 6.04 Å². The van der Waals surface area contributed by atoms with Gasteiger partial charge in [-0.15, -0.1) is 0 Å². The highest BCUT2D eigenvalue weighted by Crippen LogP contribution is 2.18. The van der Waals surface area contributed by atoms with Gasteiger partial charge in [-0.2, -0.15) is 4.68 Å². The van der Waals surface area contributed by atoms with Crippen LogP contribution >= 0.6 is 0 Å². The molecule has 0 aliphatic carbocycles. The van der Waals surface area contributed by atoms with E-state index in [-0.39, 0.29) is 0 Å². The fourth-order valence-electron chi connectivity index (χ4n) is 1.61. The van der Waals surface area contributed by atoms with Gasteiger partial charge in [0.05, 0.1) is 0 Å². The summed E-state index contributed by atoms with van der Waals surface area (Å²) >= 11 is 0. The lowest BCUT2D eigenvalue weighted by Gasteiger charge is -2.12. The van der Waals surface area contributed by atoms with Crippen LogP contribution in [0.3, 0.4) is 0 Å². The van der Waals surface area contributed by atoms with Gasteiger partial charge in [-0.25, -0.2) is 5.84 Å². The summed E-state index contributed by atoms with van der Waals surface area (Å²) in [5.41, 5.74) is 2.59. The summed E-state index contributed by atoms with van der Waals surface area (Å²) in [6.45, 7) is 0. The van der Waals surface area contributed by atoms with Gasteiger partial charge in [-0.1, -0.05) is 35.3 Å². The summed E-state index contributed by atoms with van der Waals surface area (Å²) < 4.78 is 1.09. The minimum Gasteiger partial charge on any atom is -0.390 e. The Bertz CT molecular complexity index is 596. The van der Waals surface area contributed by atoms with Crippen LogP contribution in [0, 0.1) is 10.1 Å². The Morgan fingerprint density at radius 3 is 2.63 bits per heavy atom. The SMILES string of the molecule is NNC(=O)C(c1ccccc1)n1cnc([N+](=O)[O-])n1. The summed E-state index contributed by atoms with van der Waals surface area (Å²) in [4.78, 5) is 25.1. The lowest BCUT2D eigenvalue weighted by molar-refractivity contribution is -0.394. The van der Waals surface area contributed by atoms with Crippen molar-refractivity contribution in [2.24, 2.45) is 5.84 Å². The lowest BCUT2D eigenvalue weighted by Crippen LogP contribution is -2.37. The van der Waals surface area contributed by atoms with Crippen molar-refractivity contribution < 1.29 is 9.72 Å². The minimum absolute atomic E-state index is 0.550. The smallest absolute Gasteiger partial charge is 0.390 e.